The van der Waals surface area contributed by atoms with Gasteiger partial charge in [-0.3, -0.25) is 0 Å². The molecule has 0 aromatic rings. The standard InChI is InChI=1S/C14H28O3/c1-10(2)11(15)14(12(3,4)5)8-16-13(6,7)17-9-14/h10-11,15H,8-9H2,1-7H3/t11-/m1/s1. The maximum atomic E-state index is 10.5. The number of aliphatic hydroxyl groups excluding tert-OH is 1. The van der Waals surface area contributed by atoms with Crippen LogP contribution in [0.4, 0.5) is 0 Å². The molecule has 1 aliphatic heterocycles. The highest BCUT2D eigenvalue weighted by molar-refractivity contribution is 4.99. The number of ether oxygens (including phenoxy) is 2. The fourth-order valence-corrected chi connectivity index (χ4v) is 2.37. The largest absolute Gasteiger partial charge is 0.392 e. The van der Waals surface area contributed by atoms with E-state index >= 15 is 0 Å². The Balaban J connectivity index is 2.99. The highest BCUT2D eigenvalue weighted by Crippen LogP contribution is 2.47. The topological polar surface area (TPSA) is 38.7 Å². The first kappa shape index (κ1) is 14.9. The second kappa shape index (κ2) is 4.52. The summed E-state index contributed by atoms with van der Waals surface area (Å²) in [7, 11) is 0. The number of aliphatic hydroxyl groups is 1. The van der Waals surface area contributed by atoms with Crippen LogP contribution >= 0.6 is 0 Å². The fraction of sp³-hybridized carbons (Fsp3) is 1.00. The molecule has 1 fully saturated rings. The lowest BCUT2D eigenvalue weighted by Gasteiger charge is -2.53. The summed E-state index contributed by atoms with van der Waals surface area (Å²) in [5, 5.41) is 10.5. The van der Waals surface area contributed by atoms with Crippen LogP contribution in [0.2, 0.25) is 0 Å². The lowest BCUT2D eigenvalue weighted by molar-refractivity contribution is -0.320. The first-order valence-electron chi connectivity index (χ1n) is 6.48. The van der Waals surface area contributed by atoms with Crippen molar-refractivity contribution in [2.45, 2.75) is 60.4 Å². The molecule has 3 nitrogen and oxygen atoms in total. The maximum Gasteiger partial charge on any atom is 0.162 e. The molecule has 0 aliphatic carbocycles. The third kappa shape index (κ3) is 2.83. The van der Waals surface area contributed by atoms with E-state index < -0.39 is 11.9 Å². The summed E-state index contributed by atoms with van der Waals surface area (Å²) >= 11 is 0. The van der Waals surface area contributed by atoms with Gasteiger partial charge in [0.15, 0.2) is 5.79 Å². The molecular formula is C14H28O3. The van der Waals surface area contributed by atoms with Gasteiger partial charge in [0.2, 0.25) is 0 Å². The Kier molecular flexibility index (Phi) is 3.98. The van der Waals surface area contributed by atoms with Crippen LogP contribution in [0.5, 0.6) is 0 Å². The van der Waals surface area contributed by atoms with Gasteiger partial charge in [0, 0.05) is 5.41 Å². The quantitative estimate of drug-likeness (QED) is 0.812. The first-order chi connectivity index (χ1) is 7.52. The minimum atomic E-state index is -0.536. The molecule has 1 heterocycles. The van der Waals surface area contributed by atoms with Gasteiger partial charge in [-0.2, -0.15) is 0 Å². The molecule has 102 valence electrons. The van der Waals surface area contributed by atoms with Crippen LogP contribution in [-0.2, 0) is 9.47 Å². The number of rotatable bonds is 2. The average molecular weight is 244 g/mol. The number of hydrogen-bond donors (Lipinski definition) is 1. The van der Waals surface area contributed by atoms with E-state index in [9.17, 15) is 5.11 Å². The van der Waals surface area contributed by atoms with Crippen molar-refractivity contribution in [3.05, 3.63) is 0 Å². The zero-order valence-electron chi connectivity index (χ0n) is 12.3. The smallest absolute Gasteiger partial charge is 0.162 e. The zero-order valence-corrected chi connectivity index (χ0v) is 12.3. The summed E-state index contributed by atoms with van der Waals surface area (Å²) in [4.78, 5) is 0. The summed E-state index contributed by atoms with van der Waals surface area (Å²) in [5.41, 5.74) is -0.399. The molecule has 0 unspecified atom stereocenters. The first-order valence-corrected chi connectivity index (χ1v) is 6.48. The molecule has 3 heteroatoms. The molecule has 1 saturated heterocycles. The molecule has 0 amide bonds. The van der Waals surface area contributed by atoms with Gasteiger partial charge in [-0.1, -0.05) is 34.6 Å². The molecule has 0 spiro atoms. The summed E-state index contributed by atoms with van der Waals surface area (Å²) < 4.78 is 11.6. The molecule has 17 heavy (non-hydrogen) atoms. The van der Waals surface area contributed by atoms with Crippen LogP contribution in [0.15, 0.2) is 0 Å². The van der Waals surface area contributed by atoms with Crippen molar-refractivity contribution >= 4 is 0 Å². The molecule has 0 saturated carbocycles. The third-order valence-electron chi connectivity index (χ3n) is 4.05. The zero-order chi connectivity index (χ0) is 13.5. The van der Waals surface area contributed by atoms with Crippen molar-refractivity contribution in [1.82, 2.24) is 0 Å². The minimum absolute atomic E-state index is 0.0623. The molecule has 0 aromatic carbocycles. The molecule has 0 radical (unpaired) electrons. The normalized spacial score (nSPS) is 25.9. The van der Waals surface area contributed by atoms with Crippen LogP contribution in [-0.4, -0.2) is 30.2 Å². The lowest BCUT2D eigenvalue weighted by Crippen LogP contribution is -2.59. The summed E-state index contributed by atoms with van der Waals surface area (Å²) in [6.45, 7) is 15.4. The monoisotopic (exact) mass is 244 g/mol. The van der Waals surface area contributed by atoms with E-state index in [0.717, 1.165) is 0 Å². The van der Waals surface area contributed by atoms with E-state index in [1.807, 2.05) is 27.7 Å². The third-order valence-corrected chi connectivity index (χ3v) is 4.05. The Morgan fingerprint density at radius 1 is 1.06 bits per heavy atom. The SMILES string of the molecule is CC(C)[C@@H](O)C1(C(C)(C)C)COC(C)(C)OC1. The molecule has 1 aliphatic rings. The van der Waals surface area contributed by atoms with E-state index in [-0.39, 0.29) is 16.7 Å². The minimum Gasteiger partial charge on any atom is -0.392 e. The summed E-state index contributed by atoms with van der Waals surface area (Å²) in [6.07, 6.45) is -0.418. The molecule has 1 atom stereocenters. The second-order valence-corrected chi connectivity index (χ2v) is 7.07. The van der Waals surface area contributed by atoms with E-state index in [2.05, 4.69) is 20.8 Å². The molecule has 0 bridgehead atoms. The maximum absolute atomic E-state index is 10.5. The lowest BCUT2D eigenvalue weighted by atomic mass is 9.61. The van der Waals surface area contributed by atoms with Crippen molar-refractivity contribution in [3.63, 3.8) is 0 Å². The van der Waals surface area contributed by atoms with Gasteiger partial charge in [-0.15, -0.1) is 0 Å². The van der Waals surface area contributed by atoms with Crippen LogP contribution in [0.1, 0.15) is 48.5 Å². The molecule has 0 aromatic heterocycles. The Hall–Kier alpha value is -0.120. The molecule has 1 N–H and O–H groups in total. The summed E-state index contributed by atoms with van der Waals surface area (Å²) in [5.74, 6) is -0.339. The van der Waals surface area contributed by atoms with Gasteiger partial charge in [0.1, 0.15) is 0 Å². The van der Waals surface area contributed by atoms with E-state index in [1.54, 1.807) is 0 Å². The van der Waals surface area contributed by atoms with Gasteiger partial charge >= 0.3 is 0 Å². The van der Waals surface area contributed by atoms with Crippen molar-refractivity contribution in [3.8, 4) is 0 Å². The predicted molar refractivity (Wildman–Crippen MR) is 68.7 cm³/mol. The molecular weight excluding hydrogens is 216 g/mol. The Morgan fingerprint density at radius 3 is 1.76 bits per heavy atom. The van der Waals surface area contributed by atoms with E-state index in [0.29, 0.717) is 13.2 Å². The van der Waals surface area contributed by atoms with Gasteiger partial charge in [-0.05, 0) is 25.2 Å². The average Bonchev–Trinajstić information content (AvgIpc) is 2.15. The Morgan fingerprint density at radius 2 is 1.47 bits per heavy atom. The van der Waals surface area contributed by atoms with Crippen molar-refractivity contribution < 1.29 is 14.6 Å². The van der Waals surface area contributed by atoms with Gasteiger partial charge in [0.25, 0.3) is 0 Å². The van der Waals surface area contributed by atoms with E-state index in [1.165, 1.54) is 0 Å². The van der Waals surface area contributed by atoms with Crippen molar-refractivity contribution in [2.24, 2.45) is 16.7 Å². The van der Waals surface area contributed by atoms with Crippen LogP contribution in [0, 0.1) is 16.7 Å². The second-order valence-electron chi connectivity index (χ2n) is 7.07. The van der Waals surface area contributed by atoms with E-state index in [4.69, 9.17) is 9.47 Å². The van der Waals surface area contributed by atoms with Gasteiger partial charge in [-0.25, -0.2) is 0 Å². The van der Waals surface area contributed by atoms with Crippen LogP contribution in [0.25, 0.3) is 0 Å². The highest BCUT2D eigenvalue weighted by Gasteiger charge is 2.53. The van der Waals surface area contributed by atoms with Crippen molar-refractivity contribution in [2.75, 3.05) is 13.2 Å². The molecule has 1 rings (SSSR count). The predicted octanol–water partition coefficient (Wildman–Crippen LogP) is 2.82. The van der Waals surface area contributed by atoms with Crippen LogP contribution < -0.4 is 0 Å². The Bertz CT molecular complexity index is 253. The van der Waals surface area contributed by atoms with Crippen molar-refractivity contribution in [1.29, 1.82) is 0 Å². The Labute approximate surface area is 105 Å². The van der Waals surface area contributed by atoms with Gasteiger partial charge < -0.3 is 14.6 Å². The van der Waals surface area contributed by atoms with Gasteiger partial charge in [0.05, 0.1) is 19.3 Å². The number of hydrogen-bond acceptors (Lipinski definition) is 3. The van der Waals surface area contributed by atoms with Crippen LogP contribution in [0.3, 0.4) is 0 Å². The highest BCUT2D eigenvalue weighted by atomic mass is 16.7. The fourth-order valence-electron chi connectivity index (χ4n) is 2.37. The summed E-state index contributed by atoms with van der Waals surface area (Å²) in [6, 6.07) is 0.